The van der Waals surface area contributed by atoms with E-state index in [1.54, 1.807) is 0 Å². The maximum absolute atomic E-state index is 5.46. The molecule has 1 aliphatic carbocycles. The quantitative estimate of drug-likeness (QED) is 0.307. The van der Waals surface area contributed by atoms with Crippen LogP contribution in [-0.4, -0.2) is 0 Å². The van der Waals surface area contributed by atoms with Crippen LogP contribution in [0.5, 0.6) is 0 Å². The van der Waals surface area contributed by atoms with Crippen molar-refractivity contribution < 1.29 is 21.5 Å². The zero-order valence-electron chi connectivity index (χ0n) is 4.45. The molecule has 0 aromatic rings. The Kier molecular flexibility index (Phi) is 2.37. The van der Waals surface area contributed by atoms with E-state index in [-0.39, 0.29) is 21.5 Å². The van der Waals surface area contributed by atoms with Gasteiger partial charge in [-0.05, 0) is 0 Å². The van der Waals surface area contributed by atoms with Crippen molar-refractivity contribution in [1.29, 1.82) is 0 Å². The number of rotatable bonds is 1. The Morgan fingerprint density at radius 2 is 2.62 bits per heavy atom. The van der Waals surface area contributed by atoms with E-state index < -0.39 is 0 Å². The zero-order chi connectivity index (χ0) is 5.82. The van der Waals surface area contributed by atoms with E-state index in [0.717, 1.165) is 12.8 Å². The van der Waals surface area contributed by atoms with Gasteiger partial charge in [0.2, 0.25) is 0 Å². The standard InChI is InChI=1S/C6H7IN/c8-7-6-4-2-1-3-5-6/h1H,2,4,8H2/q-1. The minimum atomic E-state index is -0.191. The topological polar surface area (TPSA) is 26.0 Å². The van der Waals surface area contributed by atoms with E-state index >= 15 is 0 Å². The fourth-order valence-electron chi connectivity index (χ4n) is 0.545. The third kappa shape index (κ3) is 1.49. The van der Waals surface area contributed by atoms with Gasteiger partial charge in [0.25, 0.3) is 0 Å². The summed E-state index contributed by atoms with van der Waals surface area (Å²) in [7, 11) is 0. The minimum absolute atomic E-state index is 0.191. The molecule has 1 aliphatic rings. The van der Waals surface area contributed by atoms with Crippen LogP contribution in [0.15, 0.2) is 21.1 Å². The van der Waals surface area contributed by atoms with Crippen molar-refractivity contribution in [2.75, 3.05) is 0 Å². The first kappa shape index (κ1) is 6.12. The molecule has 0 bridgehead atoms. The molecule has 0 unspecified atom stereocenters. The van der Waals surface area contributed by atoms with Crippen LogP contribution in [0.2, 0.25) is 0 Å². The summed E-state index contributed by atoms with van der Waals surface area (Å²) in [4.78, 5) is 0. The molecule has 44 valence electrons. The van der Waals surface area contributed by atoms with Crippen molar-refractivity contribution in [2.24, 2.45) is 3.95 Å². The van der Waals surface area contributed by atoms with Crippen molar-refractivity contribution in [3.8, 4) is 0 Å². The second-order valence-corrected chi connectivity index (χ2v) is 3.45. The molecule has 0 aromatic heterocycles. The Bertz CT molecular complexity index is 171. The molecule has 1 nitrogen and oxygen atoms in total. The molecule has 8 heavy (non-hydrogen) atoms. The molecule has 0 aliphatic heterocycles. The summed E-state index contributed by atoms with van der Waals surface area (Å²) in [6.45, 7) is 0. The molecule has 0 saturated carbocycles. The average Bonchev–Trinajstić information content (AvgIpc) is 1.90. The van der Waals surface area contributed by atoms with Crippen LogP contribution in [0.1, 0.15) is 12.8 Å². The van der Waals surface area contributed by atoms with Crippen LogP contribution >= 0.6 is 0 Å². The molecule has 0 saturated heterocycles. The van der Waals surface area contributed by atoms with Crippen molar-refractivity contribution in [2.45, 2.75) is 12.8 Å². The molecular weight excluding hydrogens is 213 g/mol. The van der Waals surface area contributed by atoms with Gasteiger partial charge in [-0.3, -0.25) is 0 Å². The van der Waals surface area contributed by atoms with Crippen molar-refractivity contribution >= 4 is 0 Å². The van der Waals surface area contributed by atoms with Crippen LogP contribution < -0.4 is 25.4 Å². The van der Waals surface area contributed by atoms with Gasteiger partial charge in [0.1, 0.15) is 0 Å². The van der Waals surface area contributed by atoms with Gasteiger partial charge in [-0.1, -0.05) is 0 Å². The Balaban J connectivity index is 2.79. The molecule has 0 atom stereocenters. The molecule has 2 heteroatoms. The van der Waals surface area contributed by atoms with E-state index in [2.05, 4.69) is 11.5 Å². The number of halogens is 1. The predicted octanol–water partition coefficient (Wildman–Crippen LogP) is -2.06. The van der Waals surface area contributed by atoms with Crippen LogP contribution in [0, 0.1) is 0 Å². The molecule has 0 spiro atoms. The van der Waals surface area contributed by atoms with E-state index in [1.165, 1.54) is 3.58 Å². The fourth-order valence-corrected chi connectivity index (χ4v) is 1.48. The Hall–Kier alpha value is -0.0100. The molecule has 0 fully saturated rings. The predicted molar refractivity (Wildman–Crippen MR) is 28.5 cm³/mol. The average molecular weight is 220 g/mol. The van der Waals surface area contributed by atoms with E-state index in [0.29, 0.717) is 0 Å². The normalized spacial score (nSPS) is 16.9. The summed E-state index contributed by atoms with van der Waals surface area (Å²) in [5.74, 6) is 0. The number of nitrogens with two attached hydrogens (primary N) is 1. The van der Waals surface area contributed by atoms with Gasteiger partial charge in [0, 0.05) is 0 Å². The molecule has 2 N–H and O–H groups in total. The monoisotopic (exact) mass is 220 g/mol. The summed E-state index contributed by atoms with van der Waals surface area (Å²) in [6.07, 6.45) is 4.24. The third-order valence-electron chi connectivity index (χ3n) is 0.950. The first-order chi connectivity index (χ1) is 3.93. The number of hydrogen-bond acceptors (Lipinski definition) is 1. The van der Waals surface area contributed by atoms with Gasteiger partial charge < -0.3 is 0 Å². The van der Waals surface area contributed by atoms with Gasteiger partial charge in [0.15, 0.2) is 0 Å². The second-order valence-electron chi connectivity index (χ2n) is 1.53. The van der Waals surface area contributed by atoms with Crippen molar-refractivity contribution in [1.82, 2.24) is 0 Å². The third-order valence-corrected chi connectivity index (χ3v) is 2.51. The number of allylic oxidation sites excluding steroid dienone is 2. The van der Waals surface area contributed by atoms with Gasteiger partial charge in [-0.2, -0.15) is 0 Å². The van der Waals surface area contributed by atoms with Crippen LogP contribution in [-0.2, 0) is 0 Å². The van der Waals surface area contributed by atoms with Crippen LogP contribution in [0.25, 0.3) is 0 Å². The van der Waals surface area contributed by atoms with Gasteiger partial charge >= 0.3 is 59.4 Å². The van der Waals surface area contributed by atoms with Crippen molar-refractivity contribution in [3.63, 3.8) is 0 Å². The maximum atomic E-state index is 5.46. The molecule has 0 amide bonds. The first-order valence-corrected chi connectivity index (χ1v) is 4.78. The van der Waals surface area contributed by atoms with Crippen LogP contribution in [0.3, 0.4) is 0 Å². The van der Waals surface area contributed by atoms with Crippen LogP contribution in [0.4, 0.5) is 0 Å². The van der Waals surface area contributed by atoms with Gasteiger partial charge in [-0.25, -0.2) is 0 Å². The summed E-state index contributed by atoms with van der Waals surface area (Å²) < 4.78 is 6.76. The number of hydrogen-bond donors (Lipinski definition) is 1. The Morgan fingerprint density at radius 1 is 1.75 bits per heavy atom. The first-order valence-electron chi connectivity index (χ1n) is 2.46. The van der Waals surface area contributed by atoms with Crippen molar-refractivity contribution in [3.05, 3.63) is 21.1 Å². The molecule has 0 heterocycles. The summed E-state index contributed by atoms with van der Waals surface area (Å²) in [5.41, 5.74) is 5.92. The molecule has 1 rings (SSSR count). The SMILES string of the molecule is N[I-]C1=C=C=CCC1. The Labute approximate surface area is 59.6 Å². The van der Waals surface area contributed by atoms with E-state index in [9.17, 15) is 0 Å². The summed E-state index contributed by atoms with van der Waals surface area (Å²) >= 11 is -0.191. The van der Waals surface area contributed by atoms with Gasteiger partial charge in [-0.15, -0.1) is 0 Å². The Morgan fingerprint density at radius 3 is 3.00 bits per heavy atom. The second kappa shape index (κ2) is 3.10. The molecule has 0 radical (unpaired) electrons. The van der Waals surface area contributed by atoms with Gasteiger partial charge in [0.05, 0.1) is 0 Å². The zero-order valence-corrected chi connectivity index (χ0v) is 6.60. The summed E-state index contributed by atoms with van der Waals surface area (Å²) in [6, 6.07) is 0. The van der Waals surface area contributed by atoms with E-state index in [4.69, 9.17) is 3.95 Å². The van der Waals surface area contributed by atoms with E-state index in [1.807, 2.05) is 6.08 Å². The molecular formula is C6H7IN-. The summed E-state index contributed by atoms with van der Waals surface area (Å²) in [5, 5.41) is 0. The molecule has 0 aromatic carbocycles. The fraction of sp³-hybridized carbons (Fsp3) is 0.333.